The first kappa shape index (κ1) is 29.7. The fourth-order valence-electron chi connectivity index (χ4n) is 3.46. The molecule has 1 unspecified atom stereocenters. The van der Waals surface area contributed by atoms with Crippen molar-refractivity contribution in [2.24, 2.45) is 0 Å². The Bertz CT molecular complexity index is 1170. The lowest BCUT2D eigenvalue weighted by molar-refractivity contribution is 0.0616. The Hall–Kier alpha value is 0.1000. The first-order valence-electron chi connectivity index (χ1n) is 10.7. The number of aliphatic hydroxyl groups excluding tert-OH is 1. The minimum Gasteiger partial charge on any atom is -0.488 e. The fourth-order valence-corrected chi connectivity index (χ4v) is 7.71. The van der Waals surface area contributed by atoms with Crippen LogP contribution in [0.5, 0.6) is 11.5 Å². The molecule has 0 aliphatic carbocycles. The van der Waals surface area contributed by atoms with E-state index < -0.39 is 6.10 Å². The first-order chi connectivity index (χ1) is 16.3. The molecule has 3 aromatic rings. The maximum Gasteiger partial charge on any atom is 0.147 e. The topological polar surface area (TPSA) is 38.7 Å². The Morgan fingerprint density at radius 2 is 1.00 bits per heavy atom. The molecule has 35 heavy (non-hydrogen) atoms. The van der Waals surface area contributed by atoms with Gasteiger partial charge in [-0.1, -0.05) is 45.7 Å². The van der Waals surface area contributed by atoms with E-state index in [4.69, 9.17) is 9.47 Å². The van der Waals surface area contributed by atoms with Crippen molar-refractivity contribution in [3.63, 3.8) is 0 Å². The van der Waals surface area contributed by atoms with Gasteiger partial charge in [0.15, 0.2) is 0 Å². The van der Waals surface area contributed by atoms with E-state index in [-0.39, 0.29) is 18.6 Å². The van der Waals surface area contributed by atoms with Crippen molar-refractivity contribution in [1.82, 2.24) is 0 Å². The maximum absolute atomic E-state index is 10.5. The Morgan fingerprint density at radius 1 is 0.657 bits per heavy atom. The van der Waals surface area contributed by atoms with Crippen molar-refractivity contribution >= 4 is 95.6 Å². The van der Waals surface area contributed by atoms with Crippen LogP contribution in [-0.4, -0.2) is 24.4 Å². The van der Waals surface area contributed by atoms with Crippen LogP contribution in [0.25, 0.3) is 0 Å². The van der Waals surface area contributed by atoms with E-state index in [9.17, 15) is 5.11 Å². The van der Waals surface area contributed by atoms with Gasteiger partial charge < -0.3 is 14.6 Å². The standard InChI is InChI=1S/C26H24Br6O3/c1-13-5-20(29)24(21(30)6-13)34-11-17(33)12-35-25-22(31)9-16(10-23(25)32)26(3,4)15-7-18(27)14(2)19(28)8-15/h5-10,17,33H,11-12H2,1-4H3. The van der Waals surface area contributed by atoms with Crippen LogP contribution in [0, 0.1) is 13.8 Å². The summed E-state index contributed by atoms with van der Waals surface area (Å²) in [5.41, 5.74) is 4.30. The summed E-state index contributed by atoms with van der Waals surface area (Å²) in [5, 5.41) is 10.5. The second-order valence-corrected chi connectivity index (χ2v) is 13.9. The zero-order chi connectivity index (χ0) is 26.1. The molecule has 0 heterocycles. The van der Waals surface area contributed by atoms with Crippen LogP contribution in [0.4, 0.5) is 0 Å². The van der Waals surface area contributed by atoms with Gasteiger partial charge in [-0.25, -0.2) is 0 Å². The van der Waals surface area contributed by atoms with Gasteiger partial charge >= 0.3 is 0 Å². The van der Waals surface area contributed by atoms with Crippen LogP contribution in [0.3, 0.4) is 0 Å². The van der Waals surface area contributed by atoms with Crippen molar-refractivity contribution in [1.29, 1.82) is 0 Å². The van der Waals surface area contributed by atoms with E-state index in [1.807, 2.05) is 19.1 Å². The van der Waals surface area contributed by atoms with Crippen LogP contribution in [-0.2, 0) is 5.41 Å². The molecule has 1 N–H and O–H groups in total. The molecule has 0 bridgehead atoms. The lowest BCUT2D eigenvalue weighted by Gasteiger charge is -2.28. The number of aryl methyl sites for hydroxylation is 1. The van der Waals surface area contributed by atoms with Gasteiger partial charge in [0.25, 0.3) is 0 Å². The summed E-state index contributed by atoms with van der Waals surface area (Å²) in [6, 6.07) is 12.4. The average molecular weight is 864 g/mol. The van der Waals surface area contributed by atoms with Crippen molar-refractivity contribution in [2.75, 3.05) is 13.2 Å². The summed E-state index contributed by atoms with van der Waals surface area (Å²) in [7, 11) is 0. The van der Waals surface area contributed by atoms with Gasteiger partial charge in [0.05, 0.1) is 17.9 Å². The third-order valence-corrected chi connectivity index (χ3v) is 9.71. The Kier molecular flexibility index (Phi) is 10.4. The number of aliphatic hydroxyl groups is 1. The molecule has 188 valence electrons. The summed E-state index contributed by atoms with van der Waals surface area (Å²) in [5.74, 6) is 1.28. The van der Waals surface area contributed by atoms with Crippen LogP contribution < -0.4 is 9.47 Å². The molecule has 3 rings (SSSR count). The maximum atomic E-state index is 10.5. The molecule has 0 aromatic heterocycles. The molecular formula is C26H24Br6O3. The van der Waals surface area contributed by atoms with Crippen LogP contribution >= 0.6 is 95.6 Å². The van der Waals surface area contributed by atoms with E-state index in [1.54, 1.807) is 0 Å². The summed E-state index contributed by atoms with van der Waals surface area (Å²) in [4.78, 5) is 0. The number of hydrogen-bond acceptors (Lipinski definition) is 3. The Labute approximate surface area is 257 Å². The molecular weight excluding hydrogens is 840 g/mol. The molecule has 0 aliphatic heterocycles. The number of ether oxygens (including phenoxy) is 2. The smallest absolute Gasteiger partial charge is 0.147 e. The monoisotopic (exact) mass is 858 g/mol. The van der Waals surface area contributed by atoms with Gasteiger partial charge in [0, 0.05) is 14.4 Å². The molecule has 3 aromatic carbocycles. The summed E-state index contributed by atoms with van der Waals surface area (Å²) < 4.78 is 17.2. The Morgan fingerprint density at radius 3 is 1.40 bits per heavy atom. The molecule has 0 radical (unpaired) electrons. The van der Waals surface area contributed by atoms with E-state index in [2.05, 4.69) is 141 Å². The average Bonchev–Trinajstić information content (AvgIpc) is 2.75. The van der Waals surface area contributed by atoms with Gasteiger partial charge in [0.1, 0.15) is 30.8 Å². The lowest BCUT2D eigenvalue weighted by Crippen LogP contribution is -2.25. The van der Waals surface area contributed by atoms with Crippen molar-refractivity contribution in [2.45, 2.75) is 39.2 Å². The highest BCUT2D eigenvalue weighted by Gasteiger charge is 2.27. The second kappa shape index (κ2) is 12.3. The van der Waals surface area contributed by atoms with Crippen molar-refractivity contribution in [3.05, 3.63) is 85.5 Å². The minimum absolute atomic E-state index is 0.0822. The predicted octanol–water partition coefficient (Wildman–Crippen LogP) is 10.0. The van der Waals surface area contributed by atoms with Gasteiger partial charge in [-0.05, 0) is 136 Å². The van der Waals surface area contributed by atoms with Gasteiger partial charge in [-0.15, -0.1) is 0 Å². The highest BCUT2D eigenvalue weighted by Crippen LogP contribution is 2.42. The molecule has 1 atom stereocenters. The van der Waals surface area contributed by atoms with E-state index in [0.29, 0.717) is 11.5 Å². The zero-order valence-electron chi connectivity index (χ0n) is 19.5. The van der Waals surface area contributed by atoms with Gasteiger partial charge in [0.2, 0.25) is 0 Å². The highest BCUT2D eigenvalue weighted by molar-refractivity contribution is 9.11. The van der Waals surface area contributed by atoms with Crippen molar-refractivity contribution in [3.8, 4) is 11.5 Å². The predicted molar refractivity (Wildman–Crippen MR) is 164 cm³/mol. The summed E-state index contributed by atoms with van der Waals surface area (Å²) >= 11 is 21.7. The number of halogens is 6. The number of benzene rings is 3. The molecule has 0 spiro atoms. The fraction of sp³-hybridized carbons (Fsp3) is 0.308. The number of hydrogen-bond donors (Lipinski definition) is 1. The number of rotatable bonds is 8. The molecule has 0 saturated heterocycles. The normalized spacial score (nSPS) is 12.5. The molecule has 0 fully saturated rings. The molecule has 9 heteroatoms. The van der Waals surface area contributed by atoms with E-state index in [0.717, 1.165) is 38.0 Å². The van der Waals surface area contributed by atoms with Crippen LogP contribution in [0.1, 0.15) is 36.1 Å². The molecule has 3 nitrogen and oxygen atoms in total. The SMILES string of the molecule is Cc1cc(Br)c(OCC(O)COc2c(Br)cc(C(C)(C)c3cc(Br)c(C)c(Br)c3)cc2Br)c(Br)c1. The molecule has 0 saturated carbocycles. The molecule has 0 amide bonds. The van der Waals surface area contributed by atoms with E-state index in [1.165, 1.54) is 11.1 Å². The lowest BCUT2D eigenvalue weighted by atomic mass is 9.78. The summed E-state index contributed by atoms with van der Waals surface area (Å²) in [6.45, 7) is 8.63. The quantitative estimate of drug-likeness (QED) is 0.245. The highest BCUT2D eigenvalue weighted by atomic mass is 79.9. The minimum atomic E-state index is -0.813. The zero-order valence-corrected chi connectivity index (χ0v) is 29.0. The van der Waals surface area contributed by atoms with Crippen LogP contribution in [0.15, 0.2) is 63.2 Å². The van der Waals surface area contributed by atoms with Gasteiger partial charge in [-0.2, -0.15) is 0 Å². The summed E-state index contributed by atoms with van der Waals surface area (Å²) in [6.07, 6.45) is -0.813. The third kappa shape index (κ3) is 7.15. The van der Waals surface area contributed by atoms with Gasteiger partial charge in [-0.3, -0.25) is 0 Å². The largest absolute Gasteiger partial charge is 0.488 e. The third-order valence-electron chi connectivity index (χ3n) is 5.71. The van der Waals surface area contributed by atoms with E-state index >= 15 is 0 Å². The first-order valence-corrected chi connectivity index (χ1v) is 15.4. The Balaban J connectivity index is 1.72. The van der Waals surface area contributed by atoms with Crippen molar-refractivity contribution < 1.29 is 14.6 Å². The van der Waals surface area contributed by atoms with Crippen LogP contribution in [0.2, 0.25) is 0 Å². The second-order valence-electron chi connectivity index (χ2n) is 8.79. The molecule has 0 aliphatic rings.